The van der Waals surface area contributed by atoms with Crippen molar-refractivity contribution >= 4 is 14.6 Å². The van der Waals surface area contributed by atoms with Crippen molar-refractivity contribution in [2.24, 2.45) is 0 Å². The maximum Gasteiger partial charge on any atom is 0.201 e. The van der Waals surface area contributed by atoms with E-state index in [4.69, 9.17) is 0 Å². The lowest BCUT2D eigenvalue weighted by Gasteiger charge is -2.25. The molecule has 0 aromatic heterocycles. The fourth-order valence-corrected chi connectivity index (χ4v) is 0.474. The van der Waals surface area contributed by atoms with Crippen LogP contribution in [-0.2, 0) is 4.79 Å². The molecular weight excluding hydrogens is 118 g/mol. The minimum atomic E-state index is -1.30. The largest absolute Gasteiger partial charge is 0.375 e. The van der Waals surface area contributed by atoms with Crippen molar-refractivity contribution in [1.82, 2.24) is 4.57 Å². The predicted octanol–water partition coefficient (Wildman–Crippen LogP) is 0.909. The van der Waals surface area contributed by atoms with E-state index in [1.807, 2.05) is 7.05 Å². The lowest BCUT2D eigenvalue weighted by atomic mass is 11.2. The first-order valence-corrected chi connectivity index (χ1v) is 6.11. The average Bonchev–Trinajstić information content (AvgIpc) is 1.62. The highest BCUT2D eigenvalue weighted by molar-refractivity contribution is 6.74. The highest BCUT2D eigenvalue weighted by Crippen LogP contribution is 2.01. The number of carbonyl (C=O) groups excluding carboxylic acids is 1. The molecule has 3 heteroatoms. The first-order chi connectivity index (χ1) is 3.48. The Kier molecular flexibility index (Phi) is 2.21. The molecule has 0 saturated carbocycles. The summed E-state index contributed by atoms with van der Waals surface area (Å²) < 4.78 is 1.77. The first-order valence-electron chi connectivity index (χ1n) is 2.66. The number of hydrogen-bond acceptors (Lipinski definition) is 1. The summed E-state index contributed by atoms with van der Waals surface area (Å²) in [5.41, 5.74) is 0. The van der Waals surface area contributed by atoms with Crippen LogP contribution in [0.15, 0.2) is 0 Å². The molecule has 0 atom stereocenters. The van der Waals surface area contributed by atoms with E-state index in [1.165, 1.54) is 0 Å². The van der Waals surface area contributed by atoms with Gasteiger partial charge >= 0.3 is 0 Å². The second-order valence-electron chi connectivity index (χ2n) is 2.89. The Bertz CT molecular complexity index is 86.9. The standard InChI is InChI=1S/C5H13NOSi/c1-6(5-7)8(2,3)4/h5H,1-4H3. The van der Waals surface area contributed by atoms with Crippen molar-refractivity contribution in [3.8, 4) is 0 Å². The van der Waals surface area contributed by atoms with Crippen molar-refractivity contribution in [2.45, 2.75) is 19.6 Å². The van der Waals surface area contributed by atoms with Crippen molar-refractivity contribution in [2.75, 3.05) is 7.05 Å². The molecule has 0 bridgehead atoms. The normalized spacial score (nSPS) is 11.0. The van der Waals surface area contributed by atoms with E-state index >= 15 is 0 Å². The van der Waals surface area contributed by atoms with Gasteiger partial charge in [-0.15, -0.1) is 0 Å². The van der Waals surface area contributed by atoms with Crippen LogP contribution in [0.3, 0.4) is 0 Å². The van der Waals surface area contributed by atoms with Crippen molar-refractivity contribution in [3.63, 3.8) is 0 Å². The molecule has 0 aliphatic rings. The van der Waals surface area contributed by atoms with Gasteiger partial charge in [0.2, 0.25) is 6.41 Å². The van der Waals surface area contributed by atoms with Crippen molar-refractivity contribution in [1.29, 1.82) is 0 Å². The highest BCUT2D eigenvalue weighted by Gasteiger charge is 2.17. The van der Waals surface area contributed by atoms with Gasteiger partial charge in [0.25, 0.3) is 0 Å². The zero-order chi connectivity index (χ0) is 6.78. The molecule has 48 valence electrons. The molecule has 2 nitrogen and oxygen atoms in total. The first kappa shape index (κ1) is 7.69. The molecule has 0 aliphatic carbocycles. The van der Waals surface area contributed by atoms with E-state index in [1.54, 1.807) is 4.57 Å². The quantitative estimate of drug-likeness (QED) is 0.403. The molecule has 0 N–H and O–H groups in total. The molecule has 0 aromatic rings. The number of carbonyl (C=O) groups is 1. The summed E-state index contributed by atoms with van der Waals surface area (Å²) >= 11 is 0. The van der Waals surface area contributed by atoms with E-state index in [2.05, 4.69) is 19.6 Å². The van der Waals surface area contributed by atoms with Gasteiger partial charge in [-0.1, -0.05) is 19.6 Å². The maximum atomic E-state index is 10.1. The van der Waals surface area contributed by atoms with Gasteiger partial charge in [-0.05, 0) is 0 Å². The van der Waals surface area contributed by atoms with Crippen LogP contribution in [-0.4, -0.2) is 26.3 Å². The Morgan fingerprint density at radius 3 is 1.75 bits per heavy atom. The fourth-order valence-electron chi connectivity index (χ4n) is 0.158. The minimum Gasteiger partial charge on any atom is -0.375 e. The second-order valence-corrected chi connectivity index (χ2v) is 7.93. The molecule has 0 aliphatic heterocycles. The number of hydrogen-bond donors (Lipinski definition) is 0. The molecule has 0 unspecified atom stereocenters. The molecule has 1 amide bonds. The Labute approximate surface area is 51.6 Å². The van der Waals surface area contributed by atoms with Gasteiger partial charge in [0.1, 0.15) is 8.24 Å². The zero-order valence-corrected chi connectivity index (χ0v) is 6.93. The topological polar surface area (TPSA) is 20.3 Å². The Morgan fingerprint density at radius 2 is 1.75 bits per heavy atom. The average molecular weight is 131 g/mol. The van der Waals surface area contributed by atoms with Crippen LogP contribution in [0.4, 0.5) is 0 Å². The van der Waals surface area contributed by atoms with Crippen LogP contribution in [0.2, 0.25) is 19.6 Å². The summed E-state index contributed by atoms with van der Waals surface area (Å²) in [6.07, 6.45) is 0.895. The van der Waals surface area contributed by atoms with Crippen LogP contribution >= 0.6 is 0 Å². The lowest BCUT2D eigenvalue weighted by molar-refractivity contribution is -0.113. The third-order valence-electron chi connectivity index (χ3n) is 1.22. The summed E-state index contributed by atoms with van der Waals surface area (Å²) in [7, 11) is 0.537. The van der Waals surface area contributed by atoms with Crippen LogP contribution in [0.25, 0.3) is 0 Å². The van der Waals surface area contributed by atoms with Gasteiger partial charge in [0.15, 0.2) is 0 Å². The number of nitrogens with zero attached hydrogens (tertiary/aromatic N) is 1. The second kappa shape index (κ2) is 2.30. The highest BCUT2D eigenvalue weighted by atomic mass is 28.3. The maximum absolute atomic E-state index is 10.1. The van der Waals surface area contributed by atoms with Gasteiger partial charge in [-0.25, -0.2) is 0 Å². The summed E-state index contributed by atoms with van der Waals surface area (Å²) in [4.78, 5) is 10.1. The number of rotatable bonds is 2. The van der Waals surface area contributed by atoms with Crippen LogP contribution < -0.4 is 0 Å². The van der Waals surface area contributed by atoms with Crippen LogP contribution in [0.1, 0.15) is 0 Å². The van der Waals surface area contributed by atoms with E-state index in [-0.39, 0.29) is 0 Å². The monoisotopic (exact) mass is 131 g/mol. The van der Waals surface area contributed by atoms with Gasteiger partial charge in [0.05, 0.1) is 0 Å². The SMILES string of the molecule is CN(C=O)[Si](C)(C)C. The Hall–Kier alpha value is -0.313. The smallest absolute Gasteiger partial charge is 0.201 e. The van der Waals surface area contributed by atoms with Gasteiger partial charge in [-0.2, -0.15) is 0 Å². The summed E-state index contributed by atoms with van der Waals surface area (Å²) in [6.45, 7) is 6.38. The van der Waals surface area contributed by atoms with E-state index in [0.29, 0.717) is 0 Å². The predicted molar refractivity (Wildman–Crippen MR) is 37.2 cm³/mol. The molecular formula is C5H13NOSi. The van der Waals surface area contributed by atoms with E-state index < -0.39 is 8.24 Å². The Balaban J connectivity index is 3.80. The van der Waals surface area contributed by atoms with E-state index in [0.717, 1.165) is 6.41 Å². The van der Waals surface area contributed by atoms with Gasteiger partial charge in [0, 0.05) is 7.05 Å². The summed E-state index contributed by atoms with van der Waals surface area (Å²) in [5.74, 6) is 0. The molecule has 0 fully saturated rings. The summed E-state index contributed by atoms with van der Waals surface area (Å²) in [5, 5.41) is 0. The third kappa shape index (κ3) is 2.11. The third-order valence-corrected chi connectivity index (χ3v) is 3.44. The molecule has 0 rings (SSSR count). The molecule has 0 saturated heterocycles. The van der Waals surface area contributed by atoms with E-state index in [9.17, 15) is 4.79 Å². The van der Waals surface area contributed by atoms with Crippen LogP contribution in [0, 0.1) is 0 Å². The minimum absolute atomic E-state index is 0.895. The van der Waals surface area contributed by atoms with Gasteiger partial charge in [-0.3, -0.25) is 4.79 Å². The molecule has 0 radical (unpaired) electrons. The lowest BCUT2D eigenvalue weighted by Crippen LogP contribution is -2.41. The van der Waals surface area contributed by atoms with Crippen molar-refractivity contribution < 1.29 is 4.79 Å². The number of amides is 1. The molecule has 0 spiro atoms. The summed E-state index contributed by atoms with van der Waals surface area (Å²) in [6, 6.07) is 0. The molecule has 0 heterocycles. The zero-order valence-electron chi connectivity index (χ0n) is 5.93. The molecule has 0 aromatic carbocycles. The van der Waals surface area contributed by atoms with Crippen molar-refractivity contribution in [3.05, 3.63) is 0 Å². The van der Waals surface area contributed by atoms with Gasteiger partial charge < -0.3 is 4.57 Å². The fraction of sp³-hybridized carbons (Fsp3) is 0.800. The molecule has 8 heavy (non-hydrogen) atoms. The Morgan fingerprint density at radius 1 is 1.38 bits per heavy atom. The van der Waals surface area contributed by atoms with Crippen LogP contribution in [0.5, 0.6) is 0 Å².